The molecule has 0 bridgehead atoms. The predicted octanol–water partition coefficient (Wildman–Crippen LogP) is 3.43. The lowest BCUT2D eigenvalue weighted by Crippen LogP contribution is -2.53. The van der Waals surface area contributed by atoms with Gasteiger partial charge < -0.3 is 10.4 Å². The zero-order valence-corrected chi connectivity index (χ0v) is 11.6. The van der Waals surface area contributed by atoms with E-state index in [0.717, 1.165) is 32.1 Å². The fourth-order valence-corrected chi connectivity index (χ4v) is 4.01. The van der Waals surface area contributed by atoms with Gasteiger partial charge in [0.05, 0.1) is 5.60 Å². The van der Waals surface area contributed by atoms with E-state index < -0.39 is 5.60 Å². The Morgan fingerprint density at radius 2 is 2.16 bits per heavy atom. The highest BCUT2D eigenvalue weighted by atomic mass is 35.5. The van der Waals surface area contributed by atoms with Crippen molar-refractivity contribution >= 4 is 11.6 Å². The van der Waals surface area contributed by atoms with E-state index in [1.165, 1.54) is 6.07 Å². The molecule has 19 heavy (non-hydrogen) atoms. The van der Waals surface area contributed by atoms with Crippen molar-refractivity contribution in [1.82, 2.24) is 5.32 Å². The molecule has 0 spiro atoms. The molecule has 2 N–H and O–H groups in total. The van der Waals surface area contributed by atoms with Gasteiger partial charge in [0.1, 0.15) is 5.82 Å². The van der Waals surface area contributed by atoms with Gasteiger partial charge in [0.15, 0.2) is 0 Å². The molecule has 0 radical (unpaired) electrons. The number of hydrogen-bond acceptors (Lipinski definition) is 2. The zero-order chi connectivity index (χ0) is 13.5. The number of aliphatic hydroxyl groups is 1. The number of fused-ring (bicyclic) bond motifs is 1. The summed E-state index contributed by atoms with van der Waals surface area (Å²) in [6.45, 7) is 0.711. The molecular formula is C15H19ClFNO. The lowest BCUT2D eigenvalue weighted by Gasteiger charge is -2.48. The van der Waals surface area contributed by atoms with Crippen LogP contribution in [-0.2, 0) is 0 Å². The average Bonchev–Trinajstić information content (AvgIpc) is 2.38. The highest BCUT2D eigenvalue weighted by molar-refractivity contribution is 6.31. The summed E-state index contributed by atoms with van der Waals surface area (Å²) in [4.78, 5) is 0. The van der Waals surface area contributed by atoms with Crippen LogP contribution >= 0.6 is 11.6 Å². The number of rotatable bonds is 1. The Balaban J connectivity index is 1.99. The maximum atomic E-state index is 14.1. The van der Waals surface area contributed by atoms with Gasteiger partial charge in [-0.3, -0.25) is 0 Å². The second-order valence-electron chi connectivity index (χ2n) is 5.77. The van der Waals surface area contributed by atoms with E-state index in [1.54, 1.807) is 12.1 Å². The first-order valence-corrected chi connectivity index (χ1v) is 7.39. The van der Waals surface area contributed by atoms with E-state index >= 15 is 0 Å². The van der Waals surface area contributed by atoms with E-state index in [0.29, 0.717) is 17.1 Å². The molecule has 1 saturated heterocycles. The van der Waals surface area contributed by atoms with Crippen LogP contribution in [0.4, 0.5) is 4.39 Å². The molecule has 2 aliphatic rings. The van der Waals surface area contributed by atoms with Crippen molar-refractivity contribution in [3.63, 3.8) is 0 Å². The molecule has 2 fully saturated rings. The topological polar surface area (TPSA) is 32.3 Å². The molecule has 1 saturated carbocycles. The molecule has 1 aromatic carbocycles. The van der Waals surface area contributed by atoms with Crippen LogP contribution in [-0.4, -0.2) is 17.3 Å². The van der Waals surface area contributed by atoms with Crippen LogP contribution in [0.25, 0.3) is 0 Å². The van der Waals surface area contributed by atoms with Gasteiger partial charge in [0, 0.05) is 22.5 Å². The lowest BCUT2D eigenvalue weighted by atomic mass is 9.67. The number of nitrogens with one attached hydrogen (secondary N) is 1. The van der Waals surface area contributed by atoms with Gasteiger partial charge in [0.2, 0.25) is 0 Å². The molecule has 0 amide bonds. The summed E-state index contributed by atoms with van der Waals surface area (Å²) in [6, 6.07) is 4.61. The van der Waals surface area contributed by atoms with Crippen LogP contribution in [0.1, 0.15) is 43.7 Å². The SMILES string of the molecule is O[C@]12CCCC[C@H]1[C@H](c1c(F)cccc1Cl)NCC2. The van der Waals surface area contributed by atoms with Gasteiger partial charge in [-0.05, 0) is 37.9 Å². The van der Waals surface area contributed by atoms with Crippen LogP contribution in [0.2, 0.25) is 5.02 Å². The first-order chi connectivity index (χ1) is 9.12. The molecule has 0 aromatic heterocycles. The summed E-state index contributed by atoms with van der Waals surface area (Å²) in [5.74, 6) is -0.218. The van der Waals surface area contributed by atoms with Crippen LogP contribution < -0.4 is 5.32 Å². The normalized spacial score (nSPS) is 34.9. The molecule has 104 valence electrons. The molecular weight excluding hydrogens is 265 g/mol. The van der Waals surface area contributed by atoms with Gasteiger partial charge in [-0.1, -0.05) is 30.5 Å². The van der Waals surface area contributed by atoms with Crippen molar-refractivity contribution in [3.8, 4) is 0 Å². The molecule has 1 heterocycles. The van der Waals surface area contributed by atoms with E-state index in [9.17, 15) is 9.50 Å². The Bertz CT molecular complexity index is 457. The van der Waals surface area contributed by atoms with Crippen LogP contribution in [0.5, 0.6) is 0 Å². The van der Waals surface area contributed by atoms with Crippen LogP contribution in [0.15, 0.2) is 18.2 Å². The third-order valence-corrected chi connectivity index (χ3v) is 5.03. The summed E-state index contributed by atoms with van der Waals surface area (Å²) in [7, 11) is 0. The van der Waals surface area contributed by atoms with Gasteiger partial charge in [-0.15, -0.1) is 0 Å². The van der Waals surface area contributed by atoms with Crippen molar-refractivity contribution in [2.75, 3.05) is 6.54 Å². The fourth-order valence-electron chi connectivity index (χ4n) is 3.73. The minimum Gasteiger partial charge on any atom is -0.389 e. The number of hydrogen-bond donors (Lipinski definition) is 2. The largest absolute Gasteiger partial charge is 0.389 e. The minimum absolute atomic E-state index is 0.0596. The second-order valence-corrected chi connectivity index (χ2v) is 6.18. The predicted molar refractivity (Wildman–Crippen MR) is 73.7 cm³/mol. The Hall–Kier alpha value is -0.640. The number of piperidine rings is 1. The third kappa shape index (κ3) is 2.28. The molecule has 1 aromatic rings. The Labute approximate surface area is 118 Å². The van der Waals surface area contributed by atoms with Crippen LogP contribution in [0, 0.1) is 11.7 Å². The molecule has 1 aliphatic carbocycles. The quantitative estimate of drug-likeness (QED) is 0.827. The van der Waals surface area contributed by atoms with Crippen molar-refractivity contribution < 1.29 is 9.50 Å². The molecule has 1 aliphatic heterocycles. The smallest absolute Gasteiger partial charge is 0.129 e. The number of halogens is 2. The van der Waals surface area contributed by atoms with Gasteiger partial charge >= 0.3 is 0 Å². The van der Waals surface area contributed by atoms with Crippen molar-refractivity contribution in [2.45, 2.75) is 43.7 Å². The van der Waals surface area contributed by atoms with Gasteiger partial charge in [0.25, 0.3) is 0 Å². The van der Waals surface area contributed by atoms with Gasteiger partial charge in [-0.25, -0.2) is 4.39 Å². The maximum absolute atomic E-state index is 14.1. The van der Waals surface area contributed by atoms with Gasteiger partial charge in [-0.2, -0.15) is 0 Å². The standard InChI is InChI=1S/C15H19ClFNO/c16-11-5-3-6-12(17)13(11)14-10-4-1-2-7-15(10,19)8-9-18-14/h3,5-6,10,14,18-19H,1-2,4,7-9H2/t10-,14+,15-/m0/s1. The maximum Gasteiger partial charge on any atom is 0.129 e. The van der Waals surface area contributed by atoms with E-state index in [2.05, 4.69) is 5.32 Å². The van der Waals surface area contributed by atoms with Crippen molar-refractivity contribution in [3.05, 3.63) is 34.6 Å². The summed E-state index contributed by atoms with van der Waals surface area (Å²) in [5, 5.41) is 14.6. The first-order valence-electron chi connectivity index (χ1n) is 7.01. The van der Waals surface area contributed by atoms with E-state index in [-0.39, 0.29) is 17.8 Å². The summed E-state index contributed by atoms with van der Waals surface area (Å²) in [6.07, 6.45) is 4.66. The lowest BCUT2D eigenvalue weighted by molar-refractivity contribution is -0.0865. The van der Waals surface area contributed by atoms with Crippen molar-refractivity contribution in [2.24, 2.45) is 5.92 Å². The Morgan fingerprint density at radius 3 is 2.95 bits per heavy atom. The Kier molecular flexibility index (Phi) is 3.54. The average molecular weight is 284 g/mol. The molecule has 2 nitrogen and oxygen atoms in total. The summed E-state index contributed by atoms with van der Waals surface area (Å²) >= 11 is 6.18. The minimum atomic E-state index is -0.653. The molecule has 4 heteroatoms. The fraction of sp³-hybridized carbons (Fsp3) is 0.600. The van der Waals surface area contributed by atoms with E-state index in [4.69, 9.17) is 11.6 Å². The van der Waals surface area contributed by atoms with Crippen LogP contribution in [0.3, 0.4) is 0 Å². The highest BCUT2D eigenvalue weighted by Crippen LogP contribution is 2.47. The second kappa shape index (κ2) is 5.04. The first kappa shape index (κ1) is 13.3. The van der Waals surface area contributed by atoms with Crippen molar-refractivity contribution in [1.29, 1.82) is 0 Å². The zero-order valence-electron chi connectivity index (χ0n) is 10.8. The molecule has 3 atom stereocenters. The monoisotopic (exact) mass is 283 g/mol. The van der Waals surface area contributed by atoms with E-state index in [1.807, 2.05) is 0 Å². The highest BCUT2D eigenvalue weighted by Gasteiger charge is 2.46. The molecule has 0 unspecified atom stereocenters. The Morgan fingerprint density at radius 1 is 1.32 bits per heavy atom. The third-order valence-electron chi connectivity index (χ3n) is 4.70. The molecule has 3 rings (SSSR count). The summed E-state index contributed by atoms with van der Waals surface area (Å²) < 4.78 is 14.1. The summed E-state index contributed by atoms with van der Waals surface area (Å²) in [5.41, 5.74) is -0.131. The number of benzene rings is 1.